The van der Waals surface area contributed by atoms with Gasteiger partial charge in [-0.15, -0.1) is 10.2 Å². The highest BCUT2D eigenvalue weighted by molar-refractivity contribution is 7.99. The molecule has 40 heavy (non-hydrogen) atoms. The van der Waals surface area contributed by atoms with Gasteiger partial charge in [-0.2, -0.15) is 4.31 Å². The summed E-state index contributed by atoms with van der Waals surface area (Å²) in [6.07, 6.45) is 2.92. The van der Waals surface area contributed by atoms with Crippen LogP contribution in [0.3, 0.4) is 0 Å². The number of nitrogens with zero attached hydrogens (tertiary/aromatic N) is 5. The fourth-order valence-corrected chi connectivity index (χ4v) is 7.49. The number of esters is 1. The van der Waals surface area contributed by atoms with Crippen molar-refractivity contribution in [1.29, 1.82) is 0 Å². The molecule has 5 rings (SSSR count). The highest BCUT2D eigenvalue weighted by atomic mass is 32.2. The summed E-state index contributed by atoms with van der Waals surface area (Å²) in [5.41, 5.74) is 1.43. The number of aromatic nitrogens is 3. The van der Waals surface area contributed by atoms with Crippen molar-refractivity contribution in [1.82, 2.24) is 24.0 Å². The Morgan fingerprint density at radius 1 is 0.975 bits per heavy atom. The number of hydrogen-bond acceptors (Lipinski definition) is 8. The first kappa shape index (κ1) is 28.3. The summed E-state index contributed by atoms with van der Waals surface area (Å²) < 4.78 is 34.9. The second-order valence-electron chi connectivity index (χ2n) is 9.81. The molecule has 2 aliphatic rings. The number of ether oxygens (including phenoxy) is 1. The van der Waals surface area contributed by atoms with Crippen molar-refractivity contribution < 1.29 is 22.7 Å². The monoisotopic (exact) mass is 583 g/mol. The lowest BCUT2D eigenvalue weighted by Crippen LogP contribution is -2.41. The lowest BCUT2D eigenvalue weighted by molar-refractivity contribution is -0.151. The molecule has 2 aromatic carbocycles. The van der Waals surface area contributed by atoms with Crippen LogP contribution in [0.5, 0.6) is 0 Å². The average molecular weight is 584 g/mol. The van der Waals surface area contributed by atoms with Gasteiger partial charge in [0.05, 0.1) is 23.2 Å². The third-order valence-electron chi connectivity index (χ3n) is 7.24. The molecule has 0 radical (unpaired) electrons. The molecule has 0 N–H and O–H groups in total. The maximum absolute atomic E-state index is 13.2. The van der Waals surface area contributed by atoms with E-state index in [-0.39, 0.29) is 28.4 Å². The molecule has 2 aliphatic heterocycles. The Morgan fingerprint density at radius 2 is 1.70 bits per heavy atom. The topological polar surface area (TPSA) is 115 Å². The summed E-state index contributed by atoms with van der Waals surface area (Å²) in [4.78, 5) is 27.1. The standard InChI is InChI=1S/C28H33N5O5S2/c1-2-38-27(35)21-13-17-31(18-14-21)25(34)20-39-28-30-29-26(33(28)23-10-4-3-5-11-23)22-9-8-12-24(19-22)40(36,37)32-15-6-7-16-32/h3-5,8-12,19,21H,2,6-7,13-18,20H2,1H3. The van der Waals surface area contributed by atoms with Crippen LogP contribution in [-0.4, -0.2) is 82.8 Å². The van der Waals surface area contributed by atoms with Crippen LogP contribution in [0, 0.1) is 5.92 Å². The number of likely N-dealkylation sites (tertiary alicyclic amines) is 1. The Morgan fingerprint density at radius 3 is 2.40 bits per heavy atom. The normalized spacial score (nSPS) is 16.8. The quantitative estimate of drug-likeness (QED) is 0.277. The van der Waals surface area contributed by atoms with E-state index in [0.717, 1.165) is 18.5 Å². The maximum Gasteiger partial charge on any atom is 0.309 e. The van der Waals surface area contributed by atoms with Gasteiger partial charge in [0.1, 0.15) is 0 Å². The Labute approximate surface area is 238 Å². The first-order chi connectivity index (χ1) is 19.4. The van der Waals surface area contributed by atoms with Gasteiger partial charge in [0.15, 0.2) is 11.0 Å². The van der Waals surface area contributed by atoms with Gasteiger partial charge < -0.3 is 9.64 Å². The molecule has 12 heteroatoms. The number of carbonyl (C=O) groups is 2. The summed E-state index contributed by atoms with van der Waals surface area (Å²) >= 11 is 1.28. The van der Waals surface area contributed by atoms with E-state index < -0.39 is 10.0 Å². The lowest BCUT2D eigenvalue weighted by atomic mass is 9.97. The first-order valence-corrected chi connectivity index (χ1v) is 16.0. The maximum atomic E-state index is 13.2. The van der Waals surface area contributed by atoms with Crippen LogP contribution in [-0.2, 0) is 24.3 Å². The minimum atomic E-state index is -3.59. The molecule has 0 bridgehead atoms. The van der Waals surface area contributed by atoms with Crippen molar-refractivity contribution in [2.75, 3.05) is 38.5 Å². The summed E-state index contributed by atoms with van der Waals surface area (Å²) in [6, 6.07) is 16.4. The van der Waals surface area contributed by atoms with E-state index in [1.165, 1.54) is 16.1 Å². The SMILES string of the molecule is CCOC(=O)C1CCN(C(=O)CSc2nnc(-c3cccc(S(=O)(=O)N4CCCC4)c3)n2-c2ccccc2)CC1. The largest absolute Gasteiger partial charge is 0.466 e. The summed E-state index contributed by atoms with van der Waals surface area (Å²) in [5.74, 6) is 0.276. The average Bonchev–Trinajstić information content (AvgIpc) is 3.68. The Hall–Kier alpha value is -3.22. The van der Waals surface area contributed by atoms with E-state index in [2.05, 4.69) is 10.2 Å². The zero-order valence-corrected chi connectivity index (χ0v) is 24.1. The summed E-state index contributed by atoms with van der Waals surface area (Å²) in [7, 11) is -3.59. The molecule has 2 saturated heterocycles. The van der Waals surface area contributed by atoms with Crippen LogP contribution in [0.25, 0.3) is 17.1 Å². The molecule has 1 aromatic heterocycles. The lowest BCUT2D eigenvalue weighted by Gasteiger charge is -2.30. The zero-order chi connectivity index (χ0) is 28.1. The Kier molecular flexibility index (Phi) is 8.87. The van der Waals surface area contributed by atoms with Crippen LogP contribution in [0.1, 0.15) is 32.6 Å². The third-order valence-corrected chi connectivity index (χ3v) is 10.0. The number of sulfonamides is 1. The number of carbonyl (C=O) groups excluding carboxylic acids is 2. The van der Waals surface area contributed by atoms with E-state index in [4.69, 9.17) is 4.74 Å². The highest BCUT2D eigenvalue weighted by Crippen LogP contribution is 2.31. The second-order valence-corrected chi connectivity index (χ2v) is 12.7. The van der Waals surface area contributed by atoms with Gasteiger partial charge in [-0.05, 0) is 56.9 Å². The molecular weight excluding hydrogens is 550 g/mol. The predicted octanol–water partition coefficient (Wildman–Crippen LogP) is 3.61. The van der Waals surface area contributed by atoms with Gasteiger partial charge >= 0.3 is 5.97 Å². The second kappa shape index (κ2) is 12.5. The van der Waals surface area contributed by atoms with Crippen molar-refractivity contribution in [3.63, 3.8) is 0 Å². The minimum absolute atomic E-state index is 0.0322. The molecule has 0 unspecified atom stereocenters. The molecular formula is C28H33N5O5S2. The van der Waals surface area contributed by atoms with Crippen LogP contribution >= 0.6 is 11.8 Å². The summed E-state index contributed by atoms with van der Waals surface area (Å²) in [5, 5.41) is 9.35. The summed E-state index contributed by atoms with van der Waals surface area (Å²) in [6.45, 7) is 4.23. The molecule has 3 heterocycles. The number of amides is 1. The number of para-hydroxylation sites is 1. The molecule has 0 spiro atoms. The van der Waals surface area contributed by atoms with E-state index >= 15 is 0 Å². The molecule has 2 fully saturated rings. The fourth-order valence-electron chi connectivity index (χ4n) is 5.08. The van der Waals surface area contributed by atoms with Gasteiger partial charge in [0, 0.05) is 37.4 Å². The highest BCUT2D eigenvalue weighted by Gasteiger charge is 2.30. The molecule has 0 aliphatic carbocycles. The molecule has 0 atom stereocenters. The van der Waals surface area contributed by atoms with Gasteiger partial charge in [-0.1, -0.05) is 42.1 Å². The number of piperidine rings is 1. The van der Waals surface area contributed by atoms with Gasteiger partial charge in [-0.25, -0.2) is 8.42 Å². The third kappa shape index (κ3) is 6.08. The molecule has 0 saturated carbocycles. The molecule has 1 amide bonds. The van der Waals surface area contributed by atoms with Crippen LogP contribution in [0.15, 0.2) is 64.6 Å². The molecule has 212 valence electrons. The number of rotatable bonds is 9. The Bertz CT molecular complexity index is 1450. The van der Waals surface area contributed by atoms with Crippen molar-refractivity contribution >= 4 is 33.7 Å². The van der Waals surface area contributed by atoms with Gasteiger partial charge in [-0.3, -0.25) is 14.2 Å². The van der Waals surface area contributed by atoms with Crippen LogP contribution in [0.2, 0.25) is 0 Å². The van der Waals surface area contributed by atoms with Crippen molar-refractivity contribution in [2.45, 2.75) is 42.7 Å². The van der Waals surface area contributed by atoms with E-state index in [1.807, 2.05) is 41.0 Å². The minimum Gasteiger partial charge on any atom is -0.466 e. The van der Waals surface area contributed by atoms with Gasteiger partial charge in [0.25, 0.3) is 0 Å². The predicted molar refractivity (Wildman–Crippen MR) is 151 cm³/mol. The van der Waals surface area contributed by atoms with Crippen molar-refractivity contribution in [2.24, 2.45) is 5.92 Å². The zero-order valence-electron chi connectivity index (χ0n) is 22.4. The molecule has 10 nitrogen and oxygen atoms in total. The smallest absolute Gasteiger partial charge is 0.309 e. The van der Waals surface area contributed by atoms with Crippen molar-refractivity contribution in [3.05, 3.63) is 54.6 Å². The number of hydrogen-bond donors (Lipinski definition) is 0. The molecule has 3 aromatic rings. The van der Waals surface area contributed by atoms with Crippen molar-refractivity contribution in [3.8, 4) is 17.1 Å². The van der Waals surface area contributed by atoms with E-state index in [9.17, 15) is 18.0 Å². The van der Waals surface area contributed by atoms with Gasteiger partial charge in [0.2, 0.25) is 15.9 Å². The fraction of sp³-hybridized carbons (Fsp3) is 0.429. The van der Waals surface area contributed by atoms with E-state index in [0.29, 0.717) is 62.2 Å². The van der Waals surface area contributed by atoms with Crippen LogP contribution < -0.4 is 0 Å². The Balaban J connectivity index is 1.35. The number of thioether (sulfide) groups is 1. The first-order valence-electron chi connectivity index (χ1n) is 13.6. The van der Waals surface area contributed by atoms with E-state index in [1.54, 1.807) is 30.0 Å². The number of benzene rings is 2. The van der Waals surface area contributed by atoms with Crippen LogP contribution in [0.4, 0.5) is 0 Å².